The number of fused-ring (bicyclic) bond motifs is 1. The lowest BCUT2D eigenvalue weighted by molar-refractivity contribution is -0.137. The van der Waals surface area contributed by atoms with Crippen LogP contribution in [0.2, 0.25) is 0 Å². The van der Waals surface area contributed by atoms with E-state index in [-0.39, 0.29) is 18.2 Å². The maximum Gasteiger partial charge on any atom is 0.416 e. The number of aryl methyl sites for hydroxylation is 1. The van der Waals surface area contributed by atoms with Crippen molar-refractivity contribution in [3.63, 3.8) is 0 Å². The number of nitrogens with zero attached hydrogens (tertiary/aromatic N) is 2. The zero-order valence-electron chi connectivity index (χ0n) is 19.4. The zero-order chi connectivity index (χ0) is 25.0. The average molecular weight is 482 g/mol. The topological polar surface area (TPSA) is 81.2 Å². The standard InChI is InChI=1S/C27H26F3N3O2/c1-34-24-12-11-17(13-18(24)16-35-20-8-6-7-19(14-20)27(28,29)30)25-21-9-4-2-3-5-10-23(21)33-26(32)22(25)15-31/h6-8,11-14H,2-5,9-10,16H2,1H3,(H2,32,33). The number of nitrogens with two attached hydrogens (primary N) is 1. The summed E-state index contributed by atoms with van der Waals surface area (Å²) in [6.07, 6.45) is 1.42. The lowest BCUT2D eigenvalue weighted by Gasteiger charge is -2.20. The van der Waals surface area contributed by atoms with Crippen LogP contribution in [0.25, 0.3) is 11.1 Å². The molecule has 2 N–H and O–H groups in total. The van der Waals surface area contributed by atoms with E-state index in [0.717, 1.165) is 73.0 Å². The van der Waals surface area contributed by atoms with Crippen LogP contribution in [0.15, 0.2) is 42.5 Å². The van der Waals surface area contributed by atoms with Crippen LogP contribution in [0.3, 0.4) is 0 Å². The number of pyridine rings is 1. The molecule has 0 unspecified atom stereocenters. The molecular formula is C27H26F3N3O2. The molecule has 4 rings (SSSR count). The molecule has 0 spiro atoms. The second-order valence-corrected chi connectivity index (χ2v) is 8.54. The summed E-state index contributed by atoms with van der Waals surface area (Å²) in [6, 6.07) is 12.5. The summed E-state index contributed by atoms with van der Waals surface area (Å²) in [4.78, 5) is 4.55. The first kappa shape index (κ1) is 24.4. The van der Waals surface area contributed by atoms with E-state index in [1.165, 1.54) is 19.2 Å². The Morgan fingerprint density at radius 1 is 1.06 bits per heavy atom. The minimum Gasteiger partial charge on any atom is -0.496 e. The largest absolute Gasteiger partial charge is 0.496 e. The first-order valence-corrected chi connectivity index (χ1v) is 11.5. The molecule has 0 amide bonds. The van der Waals surface area contributed by atoms with Gasteiger partial charge in [0, 0.05) is 16.8 Å². The molecule has 0 bridgehead atoms. The van der Waals surface area contributed by atoms with E-state index in [4.69, 9.17) is 15.2 Å². The van der Waals surface area contributed by atoms with Gasteiger partial charge in [-0.2, -0.15) is 18.4 Å². The third-order valence-electron chi connectivity index (χ3n) is 6.24. The quantitative estimate of drug-likeness (QED) is 0.452. The second-order valence-electron chi connectivity index (χ2n) is 8.54. The minimum atomic E-state index is -4.46. The Labute approximate surface area is 202 Å². The molecule has 1 heterocycles. The lowest BCUT2D eigenvalue weighted by Crippen LogP contribution is -2.10. The molecule has 8 heteroatoms. The van der Waals surface area contributed by atoms with Crippen LogP contribution in [0.4, 0.5) is 19.0 Å². The number of alkyl halides is 3. The summed E-state index contributed by atoms with van der Waals surface area (Å²) >= 11 is 0. The van der Waals surface area contributed by atoms with Crippen LogP contribution in [0.5, 0.6) is 11.5 Å². The highest BCUT2D eigenvalue weighted by Crippen LogP contribution is 2.37. The van der Waals surface area contributed by atoms with Crippen molar-refractivity contribution >= 4 is 5.82 Å². The number of nitrogen functional groups attached to an aromatic ring is 1. The molecule has 1 aromatic heterocycles. The van der Waals surface area contributed by atoms with E-state index in [1.54, 1.807) is 6.07 Å². The van der Waals surface area contributed by atoms with Crippen LogP contribution >= 0.6 is 0 Å². The van der Waals surface area contributed by atoms with Crippen molar-refractivity contribution in [1.82, 2.24) is 4.98 Å². The number of hydrogen-bond acceptors (Lipinski definition) is 5. The molecule has 0 radical (unpaired) electrons. The molecule has 1 aliphatic carbocycles. The fraction of sp³-hybridized carbons (Fsp3) is 0.333. The van der Waals surface area contributed by atoms with Crippen LogP contribution < -0.4 is 15.2 Å². The Bertz CT molecular complexity index is 1270. The first-order chi connectivity index (χ1) is 16.8. The SMILES string of the molecule is COc1ccc(-c2c(C#N)c(N)nc3c2CCCCCC3)cc1COc1cccc(C(F)(F)F)c1. The summed E-state index contributed by atoms with van der Waals surface area (Å²) in [5, 5.41) is 9.89. The Kier molecular flexibility index (Phi) is 7.15. The van der Waals surface area contributed by atoms with Gasteiger partial charge in [-0.25, -0.2) is 4.98 Å². The van der Waals surface area contributed by atoms with Crippen molar-refractivity contribution in [2.75, 3.05) is 12.8 Å². The van der Waals surface area contributed by atoms with E-state index >= 15 is 0 Å². The molecule has 0 fully saturated rings. The van der Waals surface area contributed by atoms with E-state index in [1.807, 2.05) is 12.1 Å². The zero-order valence-corrected chi connectivity index (χ0v) is 19.4. The van der Waals surface area contributed by atoms with Crippen molar-refractivity contribution in [2.24, 2.45) is 0 Å². The van der Waals surface area contributed by atoms with Gasteiger partial charge in [-0.3, -0.25) is 0 Å². The molecule has 3 aromatic rings. The molecular weight excluding hydrogens is 455 g/mol. The van der Waals surface area contributed by atoms with E-state index in [0.29, 0.717) is 16.9 Å². The van der Waals surface area contributed by atoms with E-state index < -0.39 is 11.7 Å². The fourth-order valence-electron chi connectivity index (χ4n) is 4.52. The van der Waals surface area contributed by atoms with Gasteiger partial charge in [-0.05, 0) is 67.1 Å². The van der Waals surface area contributed by atoms with Gasteiger partial charge in [0.25, 0.3) is 0 Å². The van der Waals surface area contributed by atoms with Crippen molar-refractivity contribution < 1.29 is 22.6 Å². The highest BCUT2D eigenvalue weighted by molar-refractivity contribution is 5.80. The molecule has 0 saturated carbocycles. The molecule has 5 nitrogen and oxygen atoms in total. The molecule has 1 aliphatic rings. The highest BCUT2D eigenvalue weighted by atomic mass is 19.4. The Morgan fingerprint density at radius 3 is 2.54 bits per heavy atom. The second kappa shape index (κ2) is 10.3. The molecule has 0 atom stereocenters. The fourth-order valence-corrected chi connectivity index (χ4v) is 4.52. The molecule has 182 valence electrons. The normalized spacial score (nSPS) is 13.8. The highest BCUT2D eigenvalue weighted by Gasteiger charge is 2.30. The van der Waals surface area contributed by atoms with Gasteiger partial charge in [0.15, 0.2) is 0 Å². The predicted molar refractivity (Wildman–Crippen MR) is 127 cm³/mol. The van der Waals surface area contributed by atoms with E-state index in [9.17, 15) is 18.4 Å². The molecule has 0 aliphatic heterocycles. The summed E-state index contributed by atoms with van der Waals surface area (Å²) in [7, 11) is 1.52. The van der Waals surface area contributed by atoms with Gasteiger partial charge in [0.05, 0.1) is 12.7 Å². The van der Waals surface area contributed by atoms with Gasteiger partial charge < -0.3 is 15.2 Å². The molecule has 2 aromatic carbocycles. The number of methoxy groups -OCH3 is 1. The smallest absolute Gasteiger partial charge is 0.416 e. The van der Waals surface area contributed by atoms with Crippen molar-refractivity contribution in [3.05, 3.63) is 70.4 Å². The van der Waals surface area contributed by atoms with Gasteiger partial charge in [0.1, 0.15) is 35.6 Å². The van der Waals surface area contributed by atoms with Gasteiger partial charge >= 0.3 is 6.18 Å². The number of anilines is 1. The minimum absolute atomic E-state index is 0.0109. The Balaban J connectivity index is 1.74. The van der Waals surface area contributed by atoms with Crippen LogP contribution in [-0.2, 0) is 25.6 Å². The van der Waals surface area contributed by atoms with Crippen molar-refractivity contribution in [1.29, 1.82) is 5.26 Å². The number of nitriles is 1. The summed E-state index contributed by atoms with van der Waals surface area (Å²) < 4.78 is 50.4. The van der Waals surface area contributed by atoms with Crippen molar-refractivity contribution in [2.45, 2.75) is 51.3 Å². The summed E-state index contributed by atoms with van der Waals surface area (Å²) in [5.74, 6) is 0.840. The maximum atomic E-state index is 13.1. The van der Waals surface area contributed by atoms with Crippen LogP contribution in [0, 0.1) is 11.3 Å². The Hall–Kier alpha value is -3.73. The molecule has 0 saturated heterocycles. The summed E-state index contributed by atoms with van der Waals surface area (Å²) in [6.45, 7) is -0.0109. The lowest BCUT2D eigenvalue weighted by atomic mass is 9.87. The third-order valence-corrected chi connectivity index (χ3v) is 6.24. The number of halogens is 3. The maximum absolute atomic E-state index is 13.1. The number of aromatic nitrogens is 1. The van der Waals surface area contributed by atoms with Crippen LogP contribution in [-0.4, -0.2) is 12.1 Å². The number of hydrogen-bond donors (Lipinski definition) is 1. The third kappa shape index (κ3) is 5.35. The molecule has 35 heavy (non-hydrogen) atoms. The summed E-state index contributed by atoms with van der Waals surface area (Å²) in [5.41, 5.74) is 9.88. The monoisotopic (exact) mass is 481 g/mol. The first-order valence-electron chi connectivity index (χ1n) is 11.5. The van der Waals surface area contributed by atoms with E-state index in [2.05, 4.69) is 11.1 Å². The number of ether oxygens (including phenoxy) is 2. The number of benzene rings is 2. The Morgan fingerprint density at radius 2 is 1.83 bits per heavy atom. The van der Waals surface area contributed by atoms with Crippen molar-refractivity contribution in [3.8, 4) is 28.7 Å². The van der Waals surface area contributed by atoms with Crippen LogP contribution in [0.1, 0.15) is 53.6 Å². The van der Waals surface area contributed by atoms with Gasteiger partial charge in [-0.15, -0.1) is 0 Å². The van der Waals surface area contributed by atoms with Gasteiger partial charge in [-0.1, -0.05) is 25.0 Å². The number of rotatable bonds is 5. The predicted octanol–water partition coefficient (Wildman–Crippen LogP) is 6.47. The van der Waals surface area contributed by atoms with Gasteiger partial charge in [0.2, 0.25) is 0 Å². The average Bonchev–Trinajstić information content (AvgIpc) is 2.82.